The number of carbonyl (C=O) groups is 1. The van der Waals surface area contributed by atoms with E-state index in [2.05, 4.69) is 5.32 Å². The molecule has 0 saturated carbocycles. The van der Waals surface area contributed by atoms with Crippen LogP contribution < -0.4 is 10.1 Å². The fourth-order valence-corrected chi connectivity index (χ4v) is 1.38. The second-order valence-corrected chi connectivity index (χ2v) is 4.07. The molecule has 0 saturated heterocycles. The van der Waals surface area contributed by atoms with E-state index in [1.807, 2.05) is 0 Å². The molecule has 1 aromatic rings. The molecule has 0 aliphatic carbocycles. The fourth-order valence-electron chi connectivity index (χ4n) is 1.38. The number of carboxylic acids is 1. The summed E-state index contributed by atoms with van der Waals surface area (Å²) in [6.07, 6.45) is 0. The lowest BCUT2D eigenvalue weighted by atomic mass is 10.2. The molecule has 18 heavy (non-hydrogen) atoms. The van der Waals surface area contributed by atoms with Crippen LogP contribution in [0.2, 0.25) is 0 Å². The lowest BCUT2D eigenvalue weighted by Crippen LogP contribution is -2.45. The highest BCUT2D eigenvalue weighted by Gasteiger charge is 2.20. The number of para-hydroxylation sites is 1. The van der Waals surface area contributed by atoms with Crippen molar-refractivity contribution in [2.45, 2.75) is 25.9 Å². The summed E-state index contributed by atoms with van der Waals surface area (Å²) in [4.78, 5) is 10.9. The SMILES string of the molecule is CC(C)NC(COc1c(F)cccc1F)C(=O)O. The van der Waals surface area contributed by atoms with Crippen LogP contribution in [-0.2, 0) is 4.79 Å². The first-order valence-corrected chi connectivity index (χ1v) is 5.47. The molecule has 1 unspecified atom stereocenters. The number of aliphatic carboxylic acids is 1. The molecule has 0 heterocycles. The molecule has 0 aromatic heterocycles. The third-order valence-electron chi connectivity index (χ3n) is 2.15. The zero-order valence-electron chi connectivity index (χ0n) is 10.1. The Morgan fingerprint density at radius 2 is 1.94 bits per heavy atom. The second kappa shape index (κ2) is 6.30. The molecular weight excluding hydrogens is 244 g/mol. The van der Waals surface area contributed by atoms with E-state index in [9.17, 15) is 13.6 Å². The summed E-state index contributed by atoms with van der Waals surface area (Å²) < 4.78 is 31.4. The van der Waals surface area contributed by atoms with Gasteiger partial charge < -0.3 is 9.84 Å². The number of hydrogen-bond acceptors (Lipinski definition) is 3. The Bertz CT molecular complexity index is 404. The molecule has 0 radical (unpaired) electrons. The summed E-state index contributed by atoms with van der Waals surface area (Å²) in [6.45, 7) is 3.17. The van der Waals surface area contributed by atoms with Gasteiger partial charge in [-0.15, -0.1) is 0 Å². The van der Waals surface area contributed by atoms with Gasteiger partial charge in [-0.3, -0.25) is 10.1 Å². The summed E-state index contributed by atoms with van der Waals surface area (Å²) in [5, 5.41) is 11.6. The average molecular weight is 259 g/mol. The van der Waals surface area contributed by atoms with Crippen molar-refractivity contribution in [1.29, 1.82) is 0 Å². The molecule has 1 rings (SSSR count). The molecule has 0 spiro atoms. The lowest BCUT2D eigenvalue weighted by Gasteiger charge is -2.18. The largest absolute Gasteiger partial charge is 0.485 e. The van der Waals surface area contributed by atoms with Crippen LogP contribution in [0.25, 0.3) is 0 Å². The molecule has 0 aliphatic rings. The first kappa shape index (κ1) is 14.4. The van der Waals surface area contributed by atoms with Crippen LogP contribution in [0.15, 0.2) is 18.2 Å². The normalized spacial score (nSPS) is 12.5. The summed E-state index contributed by atoms with van der Waals surface area (Å²) in [5.41, 5.74) is 0. The average Bonchev–Trinajstić information content (AvgIpc) is 2.26. The molecule has 100 valence electrons. The Labute approximate surface area is 104 Å². The van der Waals surface area contributed by atoms with Crippen LogP contribution in [0.1, 0.15) is 13.8 Å². The van der Waals surface area contributed by atoms with Gasteiger partial charge in [0.15, 0.2) is 17.4 Å². The van der Waals surface area contributed by atoms with Crippen molar-refractivity contribution in [1.82, 2.24) is 5.32 Å². The Kier molecular flexibility index (Phi) is 5.03. The van der Waals surface area contributed by atoms with Gasteiger partial charge in [0.05, 0.1) is 0 Å². The Hall–Kier alpha value is -1.69. The zero-order chi connectivity index (χ0) is 13.7. The molecule has 0 bridgehead atoms. The number of halogens is 2. The molecule has 6 heteroatoms. The minimum atomic E-state index is -1.14. The van der Waals surface area contributed by atoms with Gasteiger partial charge in [-0.25, -0.2) is 8.78 Å². The Morgan fingerprint density at radius 1 is 1.39 bits per heavy atom. The quantitative estimate of drug-likeness (QED) is 0.817. The van der Waals surface area contributed by atoms with Gasteiger partial charge in [0.25, 0.3) is 0 Å². The van der Waals surface area contributed by atoms with Crippen molar-refractivity contribution in [3.05, 3.63) is 29.8 Å². The van der Waals surface area contributed by atoms with Crippen molar-refractivity contribution < 1.29 is 23.4 Å². The molecule has 0 fully saturated rings. The van der Waals surface area contributed by atoms with E-state index in [1.54, 1.807) is 13.8 Å². The maximum absolute atomic E-state index is 13.2. The summed E-state index contributed by atoms with van der Waals surface area (Å²) >= 11 is 0. The van der Waals surface area contributed by atoms with Gasteiger partial charge in [-0.2, -0.15) is 0 Å². The highest BCUT2D eigenvalue weighted by Crippen LogP contribution is 2.20. The maximum atomic E-state index is 13.2. The van der Waals surface area contributed by atoms with Crippen molar-refractivity contribution >= 4 is 5.97 Å². The summed E-state index contributed by atoms with van der Waals surface area (Å²) in [5.74, 6) is -3.41. The smallest absolute Gasteiger partial charge is 0.324 e. The number of benzene rings is 1. The van der Waals surface area contributed by atoms with Gasteiger partial charge in [-0.1, -0.05) is 19.9 Å². The van der Waals surface area contributed by atoms with Gasteiger partial charge in [0, 0.05) is 6.04 Å². The molecule has 2 N–H and O–H groups in total. The molecule has 4 nitrogen and oxygen atoms in total. The van der Waals surface area contributed by atoms with E-state index in [-0.39, 0.29) is 12.6 Å². The monoisotopic (exact) mass is 259 g/mol. The number of carboxylic acid groups (broad SMARTS) is 1. The first-order valence-electron chi connectivity index (χ1n) is 5.47. The van der Waals surface area contributed by atoms with E-state index < -0.39 is 29.4 Å². The molecule has 1 aromatic carbocycles. The standard InChI is InChI=1S/C12H15F2NO3/c1-7(2)15-10(12(16)17)6-18-11-8(13)4-3-5-9(11)14/h3-5,7,10,15H,6H2,1-2H3,(H,16,17). The number of ether oxygens (including phenoxy) is 1. The van der Waals surface area contributed by atoms with Gasteiger partial charge in [-0.05, 0) is 12.1 Å². The Morgan fingerprint density at radius 3 is 2.39 bits per heavy atom. The summed E-state index contributed by atoms with van der Waals surface area (Å²) in [6, 6.07) is 2.19. The highest BCUT2D eigenvalue weighted by molar-refractivity contribution is 5.73. The minimum absolute atomic E-state index is 0.0832. The predicted molar refractivity (Wildman–Crippen MR) is 61.5 cm³/mol. The molecule has 0 aliphatic heterocycles. The van der Waals surface area contributed by atoms with E-state index in [0.717, 1.165) is 12.1 Å². The second-order valence-electron chi connectivity index (χ2n) is 4.07. The van der Waals surface area contributed by atoms with Crippen LogP contribution >= 0.6 is 0 Å². The fraction of sp³-hybridized carbons (Fsp3) is 0.417. The van der Waals surface area contributed by atoms with Crippen molar-refractivity contribution in [2.24, 2.45) is 0 Å². The third kappa shape index (κ3) is 3.96. The number of hydrogen-bond donors (Lipinski definition) is 2. The van der Waals surface area contributed by atoms with E-state index in [0.29, 0.717) is 0 Å². The predicted octanol–water partition coefficient (Wildman–Crippen LogP) is 1.79. The van der Waals surface area contributed by atoms with Crippen LogP contribution in [0.4, 0.5) is 8.78 Å². The van der Waals surface area contributed by atoms with Crippen LogP contribution in [-0.4, -0.2) is 29.8 Å². The third-order valence-corrected chi connectivity index (χ3v) is 2.15. The molecule has 1 atom stereocenters. The molecular formula is C12H15F2NO3. The van der Waals surface area contributed by atoms with Crippen LogP contribution in [0.3, 0.4) is 0 Å². The van der Waals surface area contributed by atoms with Gasteiger partial charge in [0.1, 0.15) is 12.6 Å². The Balaban J connectivity index is 2.70. The zero-order valence-corrected chi connectivity index (χ0v) is 10.1. The number of nitrogens with one attached hydrogen (secondary N) is 1. The highest BCUT2D eigenvalue weighted by atomic mass is 19.1. The van der Waals surface area contributed by atoms with Crippen molar-refractivity contribution in [3.8, 4) is 5.75 Å². The first-order chi connectivity index (χ1) is 8.41. The van der Waals surface area contributed by atoms with Crippen molar-refractivity contribution in [3.63, 3.8) is 0 Å². The lowest BCUT2D eigenvalue weighted by molar-refractivity contribution is -0.140. The minimum Gasteiger partial charge on any atom is -0.485 e. The van der Waals surface area contributed by atoms with E-state index in [1.165, 1.54) is 6.07 Å². The van der Waals surface area contributed by atoms with Gasteiger partial charge in [0.2, 0.25) is 0 Å². The topological polar surface area (TPSA) is 58.6 Å². The van der Waals surface area contributed by atoms with Crippen LogP contribution in [0.5, 0.6) is 5.75 Å². The number of rotatable bonds is 6. The maximum Gasteiger partial charge on any atom is 0.324 e. The van der Waals surface area contributed by atoms with Crippen LogP contribution in [0, 0.1) is 11.6 Å². The van der Waals surface area contributed by atoms with Gasteiger partial charge >= 0.3 is 5.97 Å². The van der Waals surface area contributed by atoms with Crippen molar-refractivity contribution in [2.75, 3.05) is 6.61 Å². The molecule has 0 amide bonds. The van der Waals surface area contributed by atoms with E-state index >= 15 is 0 Å². The van der Waals surface area contributed by atoms with E-state index in [4.69, 9.17) is 9.84 Å². The summed E-state index contributed by atoms with van der Waals surface area (Å²) in [7, 11) is 0.